The van der Waals surface area contributed by atoms with Crippen LogP contribution in [0, 0.1) is 0 Å². The Balaban J connectivity index is 1.64. The molecule has 4 heteroatoms. The Kier molecular flexibility index (Phi) is 2.96. The zero-order valence-corrected chi connectivity index (χ0v) is 12.2. The number of anilines is 1. The summed E-state index contributed by atoms with van der Waals surface area (Å²) >= 11 is 0. The molecule has 0 aliphatic carbocycles. The van der Waals surface area contributed by atoms with E-state index in [9.17, 15) is 9.59 Å². The lowest BCUT2D eigenvalue weighted by Gasteiger charge is -2.33. The largest absolute Gasteiger partial charge is 0.353 e. The van der Waals surface area contributed by atoms with Crippen molar-refractivity contribution in [3.8, 4) is 0 Å². The van der Waals surface area contributed by atoms with Crippen molar-refractivity contribution < 1.29 is 9.59 Å². The monoisotopic (exact) mass is 292 g/mol. The molecule has 0 radical (unpaired) electrons. The van der Waals surface area contributed by atoms with Crippen molar-refractivity contribution in [2.45, 2.75) is 12.8 Å². The zero-order chi connectivity index (χ0) is 15.1. The summed E-state index contributed by atoms with van der Waals surface area (Å²) in [7, 11) is 0. The Labute approximate surface area is 129 Å². The molecule has 2 amide bonds. The topological polar surface area (TPSA) is 40.6 Å². The summed E-state index contributed by atoms with van der Waals surface area (Å²) in [4.78, 5) is 28.4. The van der Waals surface area contributed by atoms with Gasteiger partial charge in [-0.25, -0.2) is 0 Å². The first-order valence-electron chi connectivity index (χ1n) is 7.54. The Morgan fingerprint density at radius 3 is 2.23 bits per heavy atom. The molecule has 2 aromatic carbocycles. The van der Waals surface area contributed by atoms with Crippen molar-refractivity contribution in [3.05, 3.63) is 65.2 Å². The molecule has 0 aromatic heterocycles. The van der Waals surface area contributed by atoms with E-state index >= 15 is 0 Å². The third kappa shape index (κ3) is 1.91. The maximum atomic E-state index is 12.5. The van der Waals surface area contributed by atoms with E-state index in [1.54, 1.807) is 24.3 Å². The molecule has 22 heavy (non-hydrogen) atoms. The highest BCUT2D eigenvalue weighted by Gasteiger charge is 2.36. The van der Waals surface area contributed by atoms with Crippen LogP contribution in [0.2, 0.25) is 0 Å². The molecule has 2 aliphatic rings. The summed E-state index contributed by atoms with van der Waals surface area (Å²) < 4.78 is 0. The third-order valence-electron chi connectivity index (χ3n) is 4.40. The number of carbonyl (C=O) groups is 2. The molecule has 0 saturated carbocycles. The zero-order valence-electron chi connectivity index (χ0n) is 12.2. The molecular weight excluding hydrogens is 276 g/mol. The van der Waals surface area contributed by atoms with Crippen molar-refractivity contribution in [1.82, 2.24) is 4.90 Å². The van der Waals surface area contributed by atoms with Crippen LogP contribution in [-0.4, -0.2) is 29.9 Å². The van der Waals surface area contributed by atoms with Gasteiger partial charge in [-0.1, -0.05) is 30.3 Å². The van der Waals surface area contributed by atoms with Gasteiger partial charge in [-0.15, -0.1) is 0 Å². The Bertz CT molecular complexity index is 734. The van der Waals surface area contributed by atoms with E-state index in [4.69, 9.17) is 0 Å². The smallest absolute Gasteiger partial charge is 0.263 e. The van der Waals surface area contributed by atoms with Crippen LogP contribution in [0.15, 0.2) is 48.5 Å². The van der Waals surface area contributed by atoms with Gasteiger partial charge in [0.2, 0.25) is 0 Å². The summed E-state index contributed by atoms with van der Waals surface area (Å²) in [6, 6.07) is 15.2. The quantitative estimate of drug-likeness (QED) is 0.799. The lowest BCUT2D eigenvalue weighted by molar-refractivity contribution is 0.0653. The summed E-state index contributed by atoms with van der Waals surface area (Å²) in [6.45, 7) is 1.19. The minimum absolute atomic E-state index is 0.191. The first kappa shape index (κ1) is 13.1. The fourth-order valence-corrected chi connectivity index (χ4v) is 3.30. The van der Waals surface area contributed by atoms with E-state index in [-0.39, 0.29) is 11.8 Å². The number of aryl methyl sites for hydroxylation is 1. The predicted molar refractivity (Wildman–Crippen MR) is 83.9 cm³/mol. The van der Waals surface area contributed by atoms with Gasteiger partial charge >= 0.3 is 0 Å². The first-order chi connectivity index (χ1) is 10.8. The van der Waals surface area contributed by atoms with Gasteiger partial charge in [-0.05, 0) is 36.6 Å². The molecule has 0 bridgehead atoms. The minimum atomic E-state index is -0.191. The van der Waals surface area contributed by atoms with Crippen molar-refractivity contribution in [3.63, 3.8) is 0 Å². The lowest BCUT2D eigenvalue weighted by atomic mass is 10.0. The predicted octanol–water partition coefficient (Wildman–Crippen LogP) is 2.69. The number of rotatable bonds is 2. The van der Waals surface area contributed by atoms with Crippen LogP contribution in [0.25, 0.3) is 0 Å². The van der Waals surface area contributed by atoms with Crippen LogP contribution in [0.5, 0.6) is 0 Å². The standard InChI is InChI=1S/C18H16N2O2/c21-17-14-8-2-3-9-15(14)18(22)20(17)12-19-11-5-7-13-6-1-4-10-16(13)19/h1-4,6,8-10H,5,7,11-12H2. The van der Waals surface area contributed by atoms with Crippen molar-refractivity contribution in [2.24, 2.45) is 0 Å². The van der Waals surface area contributed by atoms with Gasteiger partial charge in [0.1, 0.15) is 6.67 Å². The summed E-state index contributed by atoms with van der Waals surface area (Å²) in [5, 5.41) is 0. The number of hydrogen-bond donors (Lipinski definition) is 0. The molecule has 2 aliphatic heterocycles. The summed E-state index contributed by atoms with van der Waals surface area (Å²) in [5.41, 5.74) is 3.44. The van der Waals surface area contributed by atoms with E-state index in [1.165, 1.54) is 10.5 Å². The maximum Gasteiger partial charge on any atom is 0.263 e. The van der Waals surface area contributed by atoms with Crippen molar-refractivity contribution >= 4 is 17.5 Å². The average molecular weight is 292 g/mol. The van der Waals surface area contributed by atoms with Crippen LogP contribution in [0.3, 0.4) is 0 Å². The van der Waals surface area contributed by atoms with Gasteiger partial charge in [-0.3, -0.25) is 14.5 Å². The van der Waals surface area contributed by atoms with Crippen LogP contribution in [0.4, 0.5) is 5.69 Å². The van der Waals surface area contributed by atoms with E-state index < -0.39 is 0 Å². The molecular formula is C18H16N2O2. The number of fused-ring (bicyclic) bond motifs is 2. The first-order valence-corrected chi connectivity index (χ1v) is 7.54. The van der Waals surface area contributed by atoms with Gasteiger partial charge in [0.25, 0.3) is 11.8 Å². The van der Waals surface area contributed by atoms with E-state index in [1.807, 2.05) is 12.1 Å². The van der Waals surface area contributed by atoms with Gasteiger partial charge in [0, 0.05) is 12.2 Å². The molecule has 0 unspecified atom stereocenters. The molecule has 0 saturated heterocycles. The lowest BCUT2D eigenvalue weighted by Crippen LogP contribution is -2.43. The van der Waals surface area contributed by atoms with Crippen LogP contribution in [0.1, 0.15) is 32.7 Å². The van der Waals surface area contributed by atoms with Crippen molar-refractivity contribution in [2.75, 3.05) is 18.1 Å². The maximum absolute atomic E-state index is 12.5. The molecule has 4 nitrogen and oxygen atoms in total. The number of carbonyl (C=O) groups excluding carboxylic acids is 2. The van der Waals surface area contributed by atoms with E-state index in [2.05, 4.69) is 17.0 Å². The van der Waals surface area contributed by atoms with Gasteiger partial charge in [0.15, 0.2) is 0 Å². The number of benzene rings is 2. The molecule has 2 aromatic rings. The highest BCUT2D eigenvalue weighted by molar-refractivity contribution is 6.21. The average Bonchev–Trinajstić information content (AvgIpc) is 2.81. The number of hydrogen-bond acceptors (Lipinski definition) is 3. The molecule has 0 fully saturated rings. The van der Waals surface area contributed by atoms with Crippen molar-refractivity contribution in [1.29, 1.82) is 0 Å². The molecule has 0 N–H and O–H groups in total. The summed E-state index contributed by atoms with van der Waals surface area (Å²) in [6.07, 6.45) is 2.09. The highest BCUT2D eigenvalue weighted by Crippen LogP contribution is 2.29. The Morgan fingerprint density at radius 1 is 0.864 bits per heavy atom. The highest BCUT2D eigenvalue weighted by atomic mass is 16.2. The minimum Gasteiger partial charge on any atom is -0.353 e. The van der Waals surface area contributed by atoms with Gasteiger partial charge in [-0.2, -0.15) is 0 Å². The summed E-state index contributed by atoms with van der Waals surface area (Å²) in [5.74, 6) is -0.382. The number of imide groups is 1. The molecule has 2 heterocycles. The fraction of sp³-hybridized carbons (Fsp3) is 0.222. The molecule has 110 valence electrons. The van der Waals surface area contributed by atoms with E-state index in [0.717, 1.165) is 25.1 Å². The molecule has 4 rings (SSSR count). The number of nitrogens with zero attached hydrogens (tertiary/aromatic N) is 2. The second kappa shape index (κ2) is 4.98. The van der Waals surface area contributed by atoms with Gasteiger partial charge in [0.05, 0.1) is 11.1 Å². The Morgan fingerprint density at radius 2 is 1.50 bits per heavy atom. The normalized spacial score (nSPS) is 16.7. The number of para-hydroxylation sites is 1. The second-order valence-corrected chi connectivity index (χ2v) is 5.72. The second-order valence-electron chi connectivity index (χ2n) is 5.72. The third-order valence-corrected chi connectivity index (χ3v) is 4.40. The number of amides is 2. The van der Waals surface area contributed by atoms with Gasteiger partial charge < -0.3 is 4.90 Å². The van der Waals surface area contributed by atoms with Crippen LogP contribution in [-0.2, 0) is 6.42 Å². The molecule has 0 spiro atoms. The Hall–Kier alpha value is -2.62. The SMILES string of the molecule is O=C1c2ccccc2C(=O)N1CN1CCCc2ccccc21. The van der Waals surface area contributed by atoms with Crippen LogP contribution < -0.4 is 4.90 Å². The van der Waals surface area contributed by atoms with E-state index in [0.29, 0.717) is 17.8 Å². The van der Waals surface area contributed by atoms with Crippen LogP contribution >= 0.6 is 0 Å². The molecule has 0 atom stereocenters. The fourth-order valence-electron chi connectivity index (χ4n) is 3.30.